The van der Waals surface area contributed by atoms with Gasteiger partial charge in [0.15, 0.2) is 5.82 Å². The Hall–Kier alpha value is -0.880. The van der Waals surface area contributed by atoms with Crippen LogP contribution in [-0.4, -0.2) is 15.0 Å². The van der Waals surface area contributed by atoms with Gasteiger partial charge >= 0.3 is 0 Å². The van der Waals surface area contributed by atoms with E-state index in [9.17, 15) is 4.39 Å². The van der Waals surface area contributed by atoms with E-state index < -0.39 is 0 Å². The summed E-state index contributed by atoms with van der Waals surface area (Å²) < 4.78 is 14.1. The maximum absolute atomic E-state index is 13.4. The molecule has 0 aliphatic rings. The standard InChI is InChI=1S/C9H4Br2FN3/c10-8-13-7(14-9(11)15-8)5-3-1-2-4-6(5)12/h1-4H. The van der Waals surface area contributed by atoms with Gasteiger partial charge in [0.05, 0.1) is 5.56 Å². The molecular weight excluding hydrogens is 329 g/mol. The van der Waals surface area contributed by atoms with Crippen molar-refractivity contribution in [2.75, 3.05) is 0 Å². The highest BCUT2D eigenvalue weighted by molar-refractivity contribution is 9.11. The zero-order chi connectivity index (χ0) is 10.8. The lowest BCUT2D eigenvalue weighted by molar-refractivity contribution is 0.629. The van der Waals surface area contributed by atoms with E-state index >= 15 is 0 Å². The van der Waals surface area contributed by atoms with Gasteiger partial charge in [-0.1, -0.05) is 12.1 Å². The minimum Gasteiger partial charge on any atom is -0.206 e. The van der Waals surface area contributed by atoms with E-state index in [0.717, 1.165) is 0 Å². The third kappa shape index (κ3) is 2.38. The molecule has 0 aliphatic carbocycles. The minimum atomic E-state index is -0.359. The lowest BCUT2D eigenvalue weighted by atomic mass is 10.2. The molecule has 3 nitrogen and oxygen atoms in total. The fourth-order valence-corrected chi connectivity index (χ4v) is 2.00. The van der Waals surface area contributed by atoms with Crippen LogP contribution >= 0.6 is 31.9 Å². The number of halogens is 3. The number of hydrogen-bond donors (Lipinski definition) is 0. The first-order valence-corrected chi connectivity index (χ1v) is 5.57. The van der Waals surface area contributed by atoms with Gasteiger partial charge < -0.3 is 0 Å². The van der Waals surface area contributed by atoms with E-state index in [2.05, 4.69) is 46.8 Å². The van der Waals surface area contributed by atoms with Gasteiger partial charge in [-0.15, -0.1) is 0 Å². The molecule has 0 saturated heterocycles. The van der Waals surface area contributed by atoms with Gasteiger partial charge in [0.2, 0.25) is 9.47 Å². The van der Waals surface area contributed by atoms with Crippen molar-refractivity contribution in [3.63, 3.8) is 0 Å². The van der Waals surface area contributed by atoms with Crippen LogP contribution in [0.1, 0.15) is 0 Å². The van der Waals surface area contributed by atoms with Gasteiger partial charge in [0.25, 0.3) is 0 Å². The van der Waals surface area contributed by atoms with Crippen molar-refractivity contribution in [2.45, 2.75) is 0 Å². The van der Waals surface area contributed by atoms with Crippen LogP contribution in [-0.2, 0) is 0 Å². The lowest BCUT2D eigenvalue weighted by Crippen LogP contribution is -1.95. The van der Waals surface area contributed by atoms with Crippen LogP contribution in [0.4, 0.5) is 4.39 Å². The van der Waals surface area contributed by atoms with Crippen molar-refractivity contribution in [1.82, 2.24) is 15.0 Å². The molecule has 0 radical (unpaired) electrons. The highest BCUT2D eigenvalue weighted by atomic mass is 79.9. The van der Waals surface area contributed by atoms with E-state index in [0.29, 0.717) is 20.9 Å². The van der Waals surface area contributed by atoms with Crippen molar-refractivity contribution >= 4 is 31.9 Å². The fourth-order valence-electron chi connectivity index (χ4n) is 1.09. The topological polar surface area (TPSA) is 38.7 Å². The maximum Gasteiger partial charge on any atom is 0.201 e. The molecule has 1 heterocycles. The molecule has 1 aromatic heterocycles. The predicted octanol–water partition coefficient (Wildman–Crippen LogP) is 3.20. The zero-order valence-electron chi connectivity index (χ0n) is 7.28. The Morgan fingerprint density at radius 2 is 1.53 bits per heavy atom. The van der Waals surface area contributed by atoms with E-state index in [1.165, 1.54) is 6.07 Å². The molecule has 0 N–H and O–H groups in total. The summed E-state index contributed by atoms with van der Waals surface area (Å²) in [6.07, 6.45) is 0. The van der Waals surface area contributed by atoms with Crippen molar-refractivity contribution in [2.24, 2.45) is 0 Å². The quantitative estimate of drug-likeness (QED) is 0.805. The maximum atomic E-state index is 13.4. The second-order valence-corrected chi connectivity index (χ2v) is 4.10. The zero-order valence-corrected chi connectivity index (χ0v) is 10.5. The molecule has 6 heteroatoms. The Morgan fingerprint density at radius 1 is 0.933 bits per heavy atom. The summed E-state index contributed by atoms with van der Waals surface area (Å²) in [5.41, 5.74) is 0.348. The normalized spacial score (nSPS) is 10.3. The summed E-state index contributed by atoms with van der Waals surface area (Å²) in [5.74, 6) is -0.0654. The van der Waals surface area contributed by atoms with Gasteiger partial charge in [-0.3, -0.25) is 0 Å². The molecule has 0 bridgehead atoms. The van der Waals surface area contributed by atoms with Gasteiger partial charge in [-0.2, -0.15) is 4.98 Å². The van der Waals surface area contributed by atoms with Gasteiger partial charge in [0, 0.05) is 0 Å². The van der Waals surface area contributed by atoms with Crippen LogP contribution in [0.2, 0.25) is 0 Å². The van der Waals surface area contributed by atoms with E-state index in [1.54, 1.807) is 18.2 Å². The van der Waals surface area contributed by atoms with E-state index in [1.807, 2.05) is 0 Å². The third-order valence-electron chi connectivity index (χ3n) is 1.70. The number of aromatic nitrogens is 3. The largest absolute Gasteiger partial charge is 0.206 e. The second kappa shape index (κ2) is 4.32. The van der Waals surface area contributed by atoms with Crippen LogP contribution in [0.25, 0.3) is 11.4 Å². The lowest BCUT2D eigenvalue weighted by Gasteiger charge is -2.01. The SMILES string of the molecule is Fc1ccccc1-c1nc(Br)nc(Br)n1. The van der Waals surface area contributed by atoms with E-state index in [-0.39, 0.29) is 5.82 Å². The van der Waals surface area contributed by atoms with Crippen LogP contribution in [0.15, 0.2) is 33.7 Å². The Morgan fingerprint density at radius 3 is 2.13 bits per heavy atom. The number of hydrogen-bond acceptors (Lipinski definition) is 3. The number of nitrogens with zero attached hydrogens (tertiary/aromatic N) is 3. The molecule has 1 aromatic carbocycles. The summed E-state index contributed by atoms with van der Waals surface area (Å²) in [7, 11) is 0. The summed E-state index contributed by atoms with van der Waals surface area (Å²) in [4.78, 5) is 11.9. The summed E-state index contributed by atoms with van der Waals surface area (Å²) in [6, 6.07) is 6.32. The molecule has 0 amide bonds. The minimum absolute atomic E-state index is 0.293. The molecule has 0 spiro atoms. The monoisotopic (exact) mass is 331 g/mol. The van der Waals surface area contributed by atoms with Gasteiger partial charge in [-0.05, 0) is 44.0 Å². The first-order valence-electron chi connectivity index (χ1n) is 3.99. The smallest absolute Gasteiger partial charge is 0.201 e. The van der Waals surface area contributed by atoms with Crippen LogP contribution < -0.4 is 0 Å². The molecule has 15 heavy (non-hydrogen) atoms. The number of benzene rings is 1. The second-order valence-electron chi connectivity index (χ2n) is 2.68. The molecule has 0 fully saturated rings. The average molecular weight is 333 g/mol. The third-order valence-corrected chi connectivity index (χ3v) is 2.40. The van der Waals surface area contributed by atoms with Gasteiger partial charge in [-0.25, -0.2) is 14.4 Å². The highest BCUT2D eigenvalue weighted by Gasteiger charge is 2.09. The molecule has 0 unspecified atom stereocenters. The van der Waals surface area contributed by atoms with Crippen molar-refractivity contribution in [3.8, 4) is 11.4 Å². The first-order chi connectivity index (χ1) is 7.16. The average Bonchev–Trinajstić information content (AvgIpc) is 2.16. The fraction of sp³-hybridized carbons (Fsp3) is 0. The molecule has 2 aromatic rings. The summed E-state index contributed by atoms with van der Waals surface area (Å²) >= 11 is 6.24. The van der Waals surface area contributed by atoms with Crippen LogP contribution in [0.5, 0.6) is 0 Å². The predicted molar refractivity (Wildman–Crippen MR) is 60.6 cm³/mol. The summed E-state index contributed by atoms with van der Waals surface area (Å²) in [6.45, 7) is 0. The Labute approximate surface area is 102 Å². The molecule has 0 saturated carbocycles. The molecule has 2 rings (SSSR count). The number of rotatable bonds is 1. The van der Waals surface area contributed by atoms with Crippen LogP contribution in [0.3, 0.4) is 0 Å². The Kier molecular flexibility index (Phi) is 3.06. The van der Waals surface area contributed by atoms with Gasteiger partial charge in [0.1, 0.15) is 5.82 Å². The first kappa shape index (κ1) is 10.6. The van der Waals surface area contributed by atoms with E-state index in [4.69, 9.17) is 0 Å². The molecule has 0 atom stereocenters. The van der Waals surface area contributed by atoms with Crippen molar-refractivity contribution in [3.05, 3.63) is 39.6 Å². The van der Waals surface area contributed by atoms with Crippen LogP contribution in [0, 0.1) is 5.82 Å². The Bertz CT molecular complexity index is 484. The van der Waals surface area contributed by atoms with Crippen molar-refractivity contribution in [1.29, 1.82) is 0 Å². The highest BCUT2D eigenvalue weighted by Crippen LogP contribution is 2.20. The van der Waals surface area contributed by atoms with Crippen molar-refractivity contribution < 1.29 is 4.39 Å². The molecular formula is C9H4Br2FN3. The molecule has 76 valence electrons. The molecule has 0 aliphatic heterocycles. The Balaban J connectivity index is 2.59. The summed E-state index contributed by atoms with van der Waals surface area (Å²) in [5, 5.41) is 0.